The average Bonchev–Trinajstić information content (AvgIpc) is 3.04. The first kappa shape index (κ1) is 25.2. The maximum absolute atomic E-state index is 3.24. The van der Waals surface area contributed by atoms with Gasteiger partial charge in [-0.1, -0.05) is 0 Å². The second-order valence-electron chi connectivity index (χ2n) is 8.73. The molecule has 0 bridgehead atoms. The maximum atomic E-state index is 2.57. The molecule has 0 heterocycles. The summed E-state index contributed by atoms with van der Waals surface area (Å²) in [5, 5.41) is 2.94. The SMILES string of the molecule is C[CH2][Ge+2][CH2]C.[CH3][Zr]([CH3])([CH3])([CH3])([C]1=CC=CC1)[C]1=CC=CC1.[Cl-].[Cl-]. The van der Waals surface area contributed by atoms with E-state index >= 15 is 0 Å². The van der Waals surface area contributed by atoms with E-state index in [9.17, 15) is 0 Å². The van der Waals surface area contributed by atoms with Crippen molar-refractivity contribution in [3.63, 3.8) is 0 Å². The van der Waals surface area contributed by atoms with Crippen LogP contribution >= 0.6 is 0 Å². The van der Waals surface area contributed by atoms with Crippen LogP contribution in [0.2, 0.25) is 29.0 Å². The zero-order valence-electron chi connectivity index (χ0n) is 15.0. The second kappa shape index (κ2) is 8.88. The summed E-state index contributed by atoms with van der Waals surface area (Å²) in [6, 6.07) is 0. The van der Waals surface area contributed by atoms with Gasteiger partial charge in [-0.15, -0.1) is 0 Å². The predicted octanol–water partition coefficient (Wildman–Crippen LogP) is 0.667. The molecule has 0 atom stereocenters. The molecule has 4 heteroatoms. The fourth-order valence-electron chi connectivity index (χ4n) is 3.02. The summed E-state index contributed by atoms with van der Waals surface area (Å²) >= 11 is -2.71. The van der Waals surface area contributed by atoms with Gasteiger partial charge in [-0.3, -0.25) is 0 Å². The first-order valence-corrected chi connectivity index (χ1v) is 23.3. The molecule has 0 N–H and O–H groups in total. The van der Waals surface area contributed by atoms with Crippen LogP contribution < -0.4 is 24.8 Å². The second-order valence-corrected chi connectivity index (χ2v) is 41.1. The molecule has 0 aromatic carbocycles. The Morgan fingerprint density at radius 2 is 1.18 bits per heavy atom. The molecule has 0 radical (unpaired) electrons. The van der Waals surface area contributed by atoms with Gasteiger partial charge in [0.2, 0.25) is 0 Å². The standard InChI is InChI=1S/2C5H5.C4H10Ge.4CH3.2ClH.Zr/c2*1-2-4-5-3-1;1-3-5-4-2;;;;;;;/h2*1-3H,4H2;3-4H2,1-2H3;4*1H3;2*1H;/q;;+2;;;;;;;/p-2. The molecule has 2 aliphatic rings. The first-order valence-electron chi connectivity index (χ1n) is 8.06. The van der Waals surface area contributed by atoms with Gasteiger partial charge < -0.3 is 24.8 Å². The molecule has 0 fully saturated rings. The number of allylic oxidation sites excluding steroid dienone is 8. The molecule has 2 aliphatic carbocycles. The molecule has 22 heavy (non-hydrogen) atoms. The van der Waals surface area contributed by atoms with Gasteiger partial charge in [0.25, 0.3) is 0 Å². The van der Waals surface area contributed by atoms with Gasteiger partial charge in [-0.05, 0) is 0 Å². The minimum absolute atomic E-state index is 0. The van der Waals surface area contributed by atoms with Crippen LogP contribution in [0.15, 0.2) is 43.0 Å². The summed E-state index contributed by atoms with van der Waals surface area (Å²) in [5.41, 5.74) is 0. The summed E-state index contributed by atoms with van der Waals surface area (Å²) in [6.07, 6.45) is 16.1. The molecule has 0 saturated heterocycles. The van der Waals surface area contributed by atoms with Gasteiger partial charge in [-0.25, -0.2) is 0 Å². The van der Waals surface area contributed by atoms with Gasteiger partial charge in [0.1, 0.15) is 0 Å². The third-order valence-corrected chi connectivity index (χ3v) is 23.1. The number of hydrogen-bond acceptors (Lipinski definition) is 0. The van der Waals surface area contributed by atoms with Crippen LogP contribution in [0.1, 0.15) is 26.7 Å². The summed E-state index contributed by atoms with van der Waals surface area (Å²) in [4.78, 5) is 0. The zero-order valence-corrected chi connectivity index (χ0v) is 21.1. The van der Waals surface area contributed by atoms with E-state index in [2.05, 4.69) is 68.8 Å². The fourth-order valence-corrected chi connectivity index (χ4v) is 14.3. The van der Waals surface area contributed by atoms with Gasteiger partial charge in [-0.2, -0.15) is 0 Å². The third kappa shape index (κ3) is 6.12. The normalized spacial score (nSPS) is 18.5. The first-order chi connectivity index (χ1) is 9.15. The van der Waals surface area contributed by atoms with E-state index in [0.29, 0.717) is 15.4 Å². The van der Waals surface area contributed by atoms with E-state index in [4.69, 9.17) is 0 Å². The fraction of sp³-hybridized carbons (Fsp3) is 0.556. The van der Waals surface area contributed by atoms with Gasteiger partial charge in [0.05, 0.1) is 0 Å². The Labute approximate surface area is 155 Å². The number of rotatable bonds is 4. The molecule has 0 amide bonds. The van der Waals surface area contributed by atoms with E-state index < -0.39 is 17.3 Å². The van der Waals surface area contributed by atoms with E-state index in [1.165, 1.54) is 23.3 Å². The van der Waals surface area contributed by atoms with Crippen LogP contribution in [-0.2, 0) is 17.3 Å². The Balaban J connectivity index is 0. The van der Waals surface area contributed by atoms with Gasteiger partial charge in [0, 0.05) is 0 Å². The van der Waals surface area contributed by atoms with Crippen molar-refractivity contribution in [2.75, 3.05) is 0 Å². The Morgan fingerprint density at radius 3 is 1.36 bits per heavy atom. The molecule has 0 aliphatic heterocycles. The van der Waals surface area contributed by atoms with E-state index in [1.807, 2.05) is 0 Å². The van der Waals surface area contributed by atoms with Gasteiger partial charge >= 0.3 is 131 Å². The Bertz CT molecular complexity index is 440. The quantitative estimate of drug-likeness (QED) is 0.517. The topological polar surface area (TPSA) is 0 Å². The largest absolute Gasteiger partial charge is 1.00 e. The van der Waals surface area contributed by atoms with Crippen molar-refractivity contribution in [1.29, 1.82) is 0 Å². The minimum Gasteiger partial charge on any atom is -1.00 e. The molecular weight excluding hydrogens is 451 g/mol. The van der Waals surface area contributed by atoms with Crippen LogP contribution in [0.5, 0.6) is 0 Å². The van der Waals surface area contributed by atoms with Crippen molar-refractivity contribution in [1.82, 2.24) is 0 Å². The van der Waals surface area contributed by atoms with Crippen LogP contribution in [0.3, 0.4) is 0 Å². The molecular formula is C18H32Cl2GeZr. The number of hydrogen-bond donors (Lipinski definition) is 0. The van der Waals surface area contributed by atoms with Crippen molar-refractivity contribution in [2.24, 2.45) is 0 Å². The zero-order chi connectivity index (χ0) is 15.3. The van der Waals surface area contributed by atoms with Crippen molar-refractivity contribution in [3.05, 3.63) is 43.0 Å². The summed E-state index contributed by atoms with van der Waals surface area (Å²) in [7, 11) is 0. The molecule has 0 unspecified atom stereocenters. The smallest absolute Gasteiger partial charge is 1.00 e. The minimum atomic E-state index is -3.24. The van der Waals surface area contributed by atoms with Crippen LogP contribution in [0, 0.1) is 0 Å². The Hall–Kier alpha value is 0.966. The van der Waals surface area contributed by atoms with Crippen molar-refractivity contribution >= 4 is 15.4 Å². The summed E-state index contributed by atoms with van der Waals surface area (Å²) in [5.74, 6) is 0. The molecule has 0 nitrogen and oxygen atoms in total. The summed E-state index contributed by atoms with van der Waals surface area (Å²) < 4.78 is 13.7. The average molecular weight is 483 g/mol. The van der Waals surface area contributed by atoms with E-state index in [1.54, 1.807) is 6.56 Å². The van der Waals surface area contributed by atoms with Crippen molar-refractivity contribution in [2.45, 2.75) is 55.7 Å². The van der Waals surface area contributed by atoms with Crippen LogP contribution in [-0.4, -0.2) is 15.4 Å². The monoisotopic (exact) mass is 482 g/mol. The Kier molecular flexibility index (Phi) is 10.2. The van der Waals surface area contributed by atoms with Crippen LogP contribution in [0.4, 0.5) is 0 Å². The number of halogens is 2. The van der Waals surface area contributed by atoms with E-state index in [0.717, 1.165) is 0 Å². The molecule has 0 spiro atoms. The maximum Gasteiger partial charge on any atom is -1.00 e. The Morgan fingerprint density at radius 1 is 0.818 bits per heavy atom. The van der Waals surface area contributed by atoms with Crippen LogP contribution in [0.25, 0.3) is 0 Å². The van der Waals surface area contributed by atoms with Gasteiger partial charge in [0.15, 0.2) is 0 Å². The summed E-state index contributed by atoms with van der Waals surface area (Å²) in [6.45, 7) is 4.53. The molecule has 0 saturated carbocycles. The predicted molar refractivity (Wildman–Crippen MR) is 93.9 cm³/mol. The molecule has 126 valence electrons. The molecule has 0 aromatic heterocycles. The van der Waals surface area contributed by atoms with E-state index in [-0.39, 0.29) is 24.8 Å². The van der Waals surface area contributed by atoms with Crippen molar-refractivity contribution < 1.29 is 42.1 Å². The molecule has 0 aromatic rings. The van der Waals surface area contributed by atoms with Crippen molar-refractivity contribution in [3.8, 4) is 0 Å². The molecule has 2 rings (SSSR count). The third-order valence-electron chi connectivity index (χ3n) is 4.93.